The molecule has 0 unspecified atom stereocenters. The van der Waals surface area contributed by atoms with Crippen LogP contribution in [0.4, 0.5) is 0 Å². The van der Waals surface area contributed by atoms with Crippen molar-refractivity contribution in [2.45, 2.75) is 33.2 Å². The highest BCUT2D eigenvalue weighted by molar-refractivity contribution is 5.41. The predicted octanol–water partition coefficient (Wildman–Crippen LogP) is 3.44. The molecule has 0 radical (unpaired) electrons. The van der Waals surface area contributed by atoms with Crippen molar-refractivity contribution < 1.29 is 4.74 Å². The Morgan fingerprint density at radius 3 is 2.58 bits per heavy atom. The van der Waals surface area contributed by atoms with Crippen molar-refractivity contribution in [2.24, 2.45) is 0 Å². The molecule has 0 bridgehead atoms. The number of aryl methyl sites for hydroxylation is 1. The molecule has 6 nitrogen and oxygen atoms in total. The Bertz CT molecular complexity index is 841. The first-order valence-corrected chi connectivity index (χ1v) is 8.00. The van der Waals surface area contributed by atoms with E-state index >= 15 is 0 Å². The number of aromatic nitrogens is 4. The lowest BCUT2D eigenvalue weighted by Crippen LogP contribution is -2.07. The highest BCUT2D eigenvalue weighted by Gasteiger charge is 2.18. The van der Waals surface area contributed by atoms with Gasteiger partial charge in [0.2, 0.25) is 0 Å². The second-order valence-electron chi connectivity index (χ2n) is 5.36. The molecule has 0 spiro atoms. The third-order valence-electron chi connectivity index (χ3n) is 3.80. The first-order chi connectivity index (χ1) is 11.7. The molecule has 1 N–H and O–H groups in total. The zero-order chi connectivity index (χ0) is 16.9. The molecule has 0 amide bonds. The maximum absolute atomic E-state index is 8.90. The van der Waals surface area contributed by atoms with Gasteiger partial charge in [0.1, 0.15) is 17.3 Å². The number of benzene rings is 1. The number of hydrogen-bond donors (Lipinski definition) is 1. The average Bonchev–Trinajstić information content (AvgIpc) is 3.23. The van der Waals surface area contributed by atoms with E-state index in [0.717, 1.165) is 35.8 Å². The Balaban J connectivity index is 1.93. The summed E-state index contributed by atoms with van der Waals surface area (Å²) in [4.78, 5) is 7.37. The summed E-state index contributed by atoms with van der Waals surface area (Å²) < 4.78 is 8.04. The van der Waals surface area contributed by atoms with Gasteiger partial charge in [0.05, 0.1) is 23.9 Å². The molecule has 6 heteroatoms. The number of nitrogens with zero attached hydrogens (tertiary/aromatic N) is 4. The lowest BCUT2D eigenvalue weighted by atomic mass is 10.2. The molecule has 0 saturated heterocycles. The van der Waals surface area contributed by atoms with Crippen molar-refractivity contribution >= 4 is 0 Å². The molecule has 3 rings (SSSR count). The van der Waals surface area contributed by atoms with E-state index in [9.17, 15) is 0 Å². The molecule has 0 saturated carbocycles. The van der Waals surface area contributed by atoms with Gasteiger partial charge >= 0.3 is 0 Å². The van der Waals surface area contributed by atoms with E-state index in [1.165, 1.54) is 0 Å². The largest absolute Gasteiger partial charge is 0.453 e. The summed E-state index contributed by atoms with van der Waals surface area (Å²) in [6, 6.07) is 9.22. The molecule has 0 fully saturated rings. The number of nitrogens with one attached hydrogen (secondary N) is 1. The highest BCUT2D eigenvalue weighted by atomic mass is 16.5. The summed E-state index contributed by atoms with van der Waals surface area (Å²) >= 11 is 0. The molecular formula is C18H19N5O. The van der Waals surface area contributed by atoms with E-state index in [1.807, 2.05) is 4.68 Å². The Morgan fingerprint density at radius 1 is 1.21 bits per heavy atom. The summed E-state index contributed by atoms with van der Waals surface area (Å²) in [5.41, 5.74) is 2.57. The number of nitriles is 1. The summed E-state index contributed by atoms with van der Waals surface area (Å²) in [6.07, 6.45) is 5.13. The summed E-state index contributed by atoms with van der Waals surface area (Å²) in [7, 11) is 0. The molecule has 2 aromatic heterocycles. The second-order valence-corrected chi connectivity index (χ2v) is 5.36. The van der Waals surface area contributed by atoms with Crippen molar-refractivity contribution in [1.82, 2.24) is 19.7 Å². The monoisotopic (exact) mass is 321 g/mol. The molecular weight excluding hydrogens is 302 g/mol. The lowest BCUT2D eigenvalue weighted by molar-refractivity contribution is 0.468. The van der Waals surface area contributed by atoms with Gasteiger partial charge < -0.3 is 9.72 Å². The van der Waals surface area contributed by atoms with Gasteiger partial charge in [-0.05, 0) is 37.1 Å². The van der Waals surface area contributed by atoms with E-state index in [0.29, 0.717) is 17.9 Å². The molecule has 0 atom stereocenters. The van der Waals surface area contributed by atoms with Crippen LogP contribution in [-0.2, 0) is 19.4 Å². The topological polar surface area (TPSA) is 79.5 Å². The molecule has 2 heterocycles. The normalized spacial score (nSPS) is 10.5. The van der Waals surface area contributed by atoms with Crippen LogP contribution >= 0.6 is 0 Å². The fraction of sp³-hybridized carbons (Fsp3) is 0.278. The quantitative estimate of drug-likeness (QED) is 0.754. The summed E-state index contributed by atoms with van der Waals surface area (Å²) in [5, 5.41) is 13.6. The van der Waals surface area contributed by atoms with Crippen LogP contribution in [0.25, 0.3) is 0 Å². The van der Waals surface area contributed by atoms with Crippen LogP contribution < -0.4 is 4.74 Å². The lowest BCUT2D eigenvalue weighted by Gasteiger charge is -2.09. The maximum atomic E-state index is 8.90. The van der Waals surface area contributed by atoms with Crippen molar-refractivity contribution in [3.8, 4) is 17.6 Å². The van der Waals surface area contributed by atoms with Gasteiger partial charge in [-0.1, -0.05) is 13.8 Å². The Labute approximate surface area is 140 Å². The third kappa shape index (κ3) is 3.15. The van der Waals surface area contributed by atoms with Gasteiger partial charge in [-0.15, -0.1) is 0 Å². The minimum absolute atomic E-state index is 0.583. The molecule has 0 aliphatic rings. The first-order valence-electron chi connectivity index (χ1n) is 8.00. The van der Waals surface area contributed by atoms with E-state index < -0.39 is 0 Å². The van der Waals surface area contributed by atoms with E-state index in [4.69, 9.17) is 10.00 Å². The van der Waals surface area contributed by atoms with E-state index in [-0.39, 0.29) is 0 Å². The van der Waals surface area contributed by atoms with E-state index in [1.54, 1.807) is 36.7 Å². The average molecular weight is 321 g/mol. The van der Waals surface area contributed by atoms with Crippen LogP contribution in [0.1, 0.15) is 36.6 Å². The number of hydrogen-bond acceptors (Lipinski definition) is 4. The highest BCUT2D eigenvalue weighted by Crippen LogP contribution is 2.30. The zero-order valence-corrected chi connectivity index (χ0v) is 13.8. The smallest absolute Gasteiger partial charge is 0.171 e. The third-order valence-corrected chi connectivity index (χ3v) is 3.80. The predicted molar refractivity (Wildman–Crippen MR) is 89.9 cm³/mol. The Morgan fingerprint density at radius 2 is 2.00 bits per heavy atom. The Kier molecular flexibility index (Phi) is 4.62. The van der Waals surface area contributed by atoms with Crippen molar-refractivity contribution in [2.75, 3.05) is 0 Å². The van der Waals surface area contributed by atoms with Crippen LogP contribution in [0.3, 0.4) is 0 Å². The van der Waals surface area contributed by atoms with Crippen LogP contribution in [0.15, 0.2) is 36.7 Å². The SMILES string of the molecule is CCc1nn(Cc2ncc[nH]2)c(CC)c1Oc1ccc(C#N)cc1. The summed E-state index contributed by atoms with van der Waals surface area (Å²) in [5.74, 6) is 2.37. The van der Waals surface area contributed by atoms with Gasteiger partial charge in [0.15, 0.2) is 5.75 Å². The summed E-state index contributed by atoms with van der Waals surface area (Å²) in [6.45, 7) is 4.73. The second kappa shape index (κ2) is 7.01. The number of H-pyrrole nitrogens is 1. The van der Waals surface area contributed by atoms with Crippen LogP contribution in [-0.4, -0.2) is 19.7 Å². The van der Waals surface area contributed by atoms with E-state index in [2.05, 4.69) is 35.0 Å². The number of aromatic amines is 1. The van der Waals surface area contributed by atoms with Gasteiger partial charge in [0, 0.05) is 12.4 Å². The molecule has 0 aliphatic heterocycles. The van der Waals surface area contributed by atoms with Crippen molar-refractivity contribution in [3.05, 3.63) is 59.4 Å². The van der Waals surface area contributed by atoms with Crippen molar-refractivity contribution in [1.29, 1.82) is 5.26 Å². The van der Waals surface area contributed by atoms with Crippen LogP contribution in [0.5, 0.6) is 11.5 Å². The van der Waals surface area contributed by atoms with Gasteiger partial charge in [-0.25, -0.2) is 4.98 Å². The Hall–Kier alpha value is -3.07. The minimum atomic E-state index is 0.583. The fourth-order valence-electron chi connectivity index (χ4n) is 2.60. The van der Waals surface area contributed by atoms with Gasteiger partial charge in [-0.2, -0.15) is 10.4 Å². The number of rotatable bonds is 6. The van der Waals surface area contributed by atoms with Crippen LogP contribution in [0.2, 0.25) is 0 Å². The van der Waals surface area contributed by atoms with Crippen LogP contribution in [0, 0.1) is 11.3 Å². The van der Waals surface area contributed by atoms with Crippen molar-refractivity contribution in [3.63, 3.8) is 0 Å². The van der Waals surface area contributed by atoms with Gasteiger partial charge in [0.25, 0.3) is 0 Å². The minimum Gasteiger partial charge on any atom is -0.453 e. The molecule has 1 aromatic carbocycles. The maximum Gasteiger partial charge on any atom is 0.171 e. The standard InChI is InChI=1S/C18H19N5O/c1-3-15-18(24-14-7-5-13(11-19)6-8-14)16(4-2)23(22-15)12-17-20-9-10-21-17/h5-10H,3-4,12H2,1-2H3,(H,20,21). The molecule has 3 aromatic rings. The van der Waals surface area contributed by atoms with Gasteiger partial charge in [-0.3, -0.25) is 4.68 Å². The zero-order valence-electron chi connectivity index (χ0n) is 13.8. The fourth-order valence-corrected chi connectivity index (χ4v) is 2.60. The molecule has 122 valence electrons. The first kappa shape index (κ1) is 15.8. The number of imidazole rings is 1. The molecule has 0 aliphatic carbocycles. The number of ether oxygens (including phenoxy) is 1. The molecule has 24 heavy (non-hydrogen) atoms.